The second kappa shape index (κ2) is 6.34. The molecule has 0 atom stereocenters. The number of nitrogens with one attached hydrogen (secondary N) is 1. The number of aryl methyl sites for hydroxylation is 2. The Bertz CT molecular complexity index is 621. The molecule has 0 spiro atoms. The number of benzene rings is 1. The molecule has 0 aliphatic carbocycles. The van der Waals surface area contributed by atoms with Gasteiger partial charge in [-0.25, -0.2) is 0 Å². The van der Waals surface area contributed by atoms with E-state index in [9.17, 15) is 4.79 Å². The number of carbonyl (C=O) groups excluding carboxylic acids is 1. The topological polar surface area (TPSA) is 68.3 Å². The third-order valence-electron chi connectivity index (χ3n) is 2.97. The minimum Gasteiger partial charge on any atom is -0.469 e. The molecular formula is C15H16N2O2S. The van der Waals surface area contributed by atoms with Crippen molar-refractivity contribution in [3.8, 4) is 0 Å². The molecule has 2 aromatic rings. The van der Waals surface area contributed by atoms with Crippen molar-refractivity contribution < 1.29 is 9.21 Å². The summed E-state index contributed by atoms with van der Waals surface area (Å²) in [6.07, 6.45) is 2.54. The molecule has 1 amide bonds. The lowest BCUT2D eigenvalue weighted by Gasteiger charge is -2.10. The highest BCUT2D eigenvalue weighted by atomic mass is 32.1. The zero-order chi connectivity index (χ0) is 14.5. The van der Waals surface area contributed by atoms with E-state index in [0.717, 1.165) is 22.6 Å². The molecule has 0 bridgehead atoms. The summed E-state index contributed by atoms with van der Waals surface area (Å²) in [6.45, 7) is 1.92. The van der Waals surface area contributed by atoms with Crippen molar-refractivity contribution in [2.45, 2.75) is 19.8 Å². The Balaban J connectivity index is 2.00. The molecule has 104 valence electrons. The Morgan fingerprint density at radius 1 is 1.40 bits per heavy atom. The van der Waals surface area contributed by atoms with Gasteiger partial charge in [0.1, 0.15) is 10.7 Å². The van der Waals surface area contributed by atoms with Crippen molar-refractivity contribution in [3.63, 3.8) is 0 Å². The molecule has 20 heavy (non-hydrogen) atoms. The monoisotopic (exact) mass is 288 g/mol. The molecule has 4 nitrogen and oxygen atoms in total. The van der Waals surface area contributed by atoms with Gasteiger partial charge in [-0.2, -0.15) is 0 Å². The van der Waals surface area contributed by atoms with Crippen molar-refractivity contribution in [2.75, 3.05) is 5.32 Å². The first-order valence-corrected chi connectivity index (χ1v) is 6.70. The largest absolute Gasteiger partial charge is 0.469 e. The number of amides is 1. The summed E-state index contributed by atoms with van der Waals surface area (Å²) in [5, 5.41) is 2.87. The zero-order valence-electron chi connectivity index (χ0n) is 11.2. The van der Waals surface area contributed by atoms with Crippen LogP contribution in [0, 0.1) is 6.92 Å². The number of hydrogen-bond acceptors (Lipinski definition) is 3. The number of hydrogen-bond donors (Lipinski definition) is 2. The third kappa shape index (κ3) is 3.68. The van der Waals surface area contributed by atoms with Crippen LogP contribution in [0.3, 0.4) is 0 Å². The van der Waals surface area contributed by atoms with Crippen LogP contribution in [0.25, 0.3) is 0 Å². The number of nitrogens with two attached hydrogens (primary N) is 1. The van der Waals surface area contributed by atoms with Crippen LogP contribution in [0.5, 0.6) is 0 Å². The van der Waals surface area contributed by atoms with Crippen molar-refractivity contribution in [3.05, 3.63) is 53.5 Å². The minimum atomic E-state index is -0.0652. The lowest BCUT2D eigenvalue weighted by molar-refractivity contribution is -0.116. The van der Waals surface area contributed by atoms with Crippen LogP contribution >= 0.6 is 12.2 Å². The summed E-state index contributed by atoms with van der Waals surface area (Å²) in [7, 11) is 0. The van der Waals surface area contributed by atoms with Gasteiger partial charge in [0.05, 0.1) is 6.26 Å². The van der Waals surface area contributed by atoms with Gasteiger partial charge in [-0.1, -0.05) is 24.4 Å². The molecule has 1 aromatic carbocycles. The second-order valence-electron chi connectivity index (χ2n) is 4.52. The molecule has 2 rings (SSSR count). The van der Waals surface area contributed by atoms with E-state index < -0.39 is 0 Å². The van der Waals surface area contributed by atoms with Crippen molar-refractivity contribution in [2.24, 2.45) is 5.73 Å². The second-order valence-corrected chi connectivity index (χ2v) is 4.96. The third-order valence-corrected chi connectivity index (χ3v) is 3.21. The fraction of sp³-hybridized carbons (Fsp3) is 0.200. The molecule has 0 fully saturated rings. The Kier molecular flexibility index (Phi) is 4.53. The number of furan rings is 1. The van der Waals surface area contributed by atoms with Crippen molar-refractivity contribution >= 4 is 28.8 Å². The Morgan fingerprint density at radius 3 is 2.85 bits per heavy atom. The summed E-state index contributed by atoms with van der Waals surface area (Å²) < 4.78 is 5.19. The minimum absolute atomic E-state index is 0.0652. The van der Waals surface area contributed by atoms with E-state index in [1.807, 2.05) is 31.2 Å². The molecule has 0 aliphatic rings. The van der Waals surface area contributed by atoms with Crippen molar-refractivity contribution in [1.82, 2.24) is 0 Å². The van der Waals surface area contributed by atoms with Gasteiger partial charge in [0.15, 0.2) is 0 Å². The number of anilines is 1. The van der Waals surface area contributed by atoms with Gasteiger partial charge in [0, 0.05) is 24.1 Å². The normalized spacial score (nSPS) is 10.2. The van der Waals surface area contributed by atoms with Gasteiger partial charge in [0.25, 0.3) is 0 Å². The number of carbonyl (C=O) groups is 1. The number of thiocarbonyl (C=S) groups is 1. The molecule has 5 heteroatoms. The average Bonchev–Trinajstić information content (AvgIpc) is 2.92. The average molecular weight is 288 g/mol. The lowest BCUT2D eigenvalue weighted by Crippen LogP contribution is -2.15. The Labute approximate surface area is 123 Å². The maximum atomic E-state index is 11.9. The van der Waals surface area contributed by atoms with Crippen LogP contribution in [-0.4, -0.2) is 10.9 Å². The predicted octanol–water partition coefficient (Wildman–Crippen LogP) is 2.79. The highest BCUT2D eigenvalue weighted by Crippen LogP contribution is 2.17. The quantitative estimate of drug-likeness (QED) is 0.830. The van der Waals surface area contributed by atoms with E-state index >= 15 is 0 Å². The highest BCUT2D eigenvalue weighted by molar-refractivity contribution is 7.80. The maximum absolute atomic E-state index is 11.9. The Hall–Kier alpha value is -2.14. The summed E-state index contributed by atoms with van der Waals surface area (Å²) in [5.41, 5.74) is 8.04. The van der Waals surface area contributed by atoms with Crippen LogP contribution in [0.2, 0.25) is 0 Å². The molecule has 0 unspecified atom stereocenters. The van der Waals surface area contributed by atoms with Crippen LogP contribution < -0.4 is 11.1 Å². The van der Waals surface area contributed by atoms with Gasteiger partial charge in [0.2, 0.25) is 5.91 Å². The first-order valence-electron chi connectivity index (χ1n) is 6.29. The molecule has 1 heterocycles. The van der Waals surface area contributed by atoms with Crippen LogP contribution in [0.4, 0.5) is 5.69 Å². The van der Waals surface area contributed by atoms with E-state index in [-0.39, 0.29) is 5.91 Å². The number of rotatable bonds is 5. The fourth-order valence-corrected chi connectivity index (χ4v) is 1.94. The van der Waals surface area contributed by atoms with Crippen LogP contribution in [0.15, 0.2) is 41.0 Å². The maximum Gasteiger partial charge on any atom is 0.224 e. The lowest BCUT2D eigenvalue weighted by atomic mass is 10.1. The standard InChI is InChI=1S/C15H16N2O2S/c1-10-4-5-11(15(16)20)9-13(10)17-14(18)7-6-12-3-2-8-19-12/h2-5,8-9H,6-7H2,1H3,(H2,16,20)(H,17,18). The SMILES string of the molecule is Cc1ccc(C(N)=S)cc1NC(=O)CCc1ccco1. The zero-order valence-corrected chi connectivity index (χ0v) is 12.0. The molecular weight excluding hydrogens is 272 g/mol. The fourth-order valence-electron chi connectivity index (χ4n) is 1.81. The first kappa shape index (κ1) is 14.3. The van der Waals surface area contributed by atoms with Gasteiger partial charge in [-0.05, 0) is 30.7 Å². The van der Waals surface area contributed by atoms with Gasteiger partial charge >= 0.3 is 0 Å². The predicted molar refractivity (Wildman–Crippen MR) is 82.7 cm³/mol. The van der Waals surface area contributed by atoms with E-state index in [1.165, 1.54) is 0 Å². The molecule has 0 saturated carbocycles. The van der Waals surface area contributed by atoms with Gasteiger partial charge < -0.3 is 15.5 Å². The van der Waals surface area contributed by atoms with E-state index in [0.29, 0.717) is 17.8 Å². The van der Waals surface area contributed by atoms with E-state index in [2.05, 4.69) is 5.32 Å². The van der Waals surface area contributed by atoms with Crippen LogP contribution in [-0.2, 0) is 11.2 Å². The molecule has 3 N–H and O–H groups in total. The van der Waals surface area contributed by atoms with E-state index in [1.54, 1.807) is 12.3 Å². The van der Waals surface area contributed by atoms with Gasteiger partial charge in [-0.15, -0.1) is 0 Å². The summed E-state index contributed by atoms with van der Waals surface area (Å²) in [6, 6.07) is 9.18. The molecule has 0 saturated heterocycles. The summed E-state index contributed by atoms with van der Waals surface area (Å²) in [5.74, 6) is 0.735. The molecule has 0 aliphatic heterocycles. The smallest absolute Gasteiger partial charge is 0.224 e. The van der Waals surface area contributed by atoms with E-state index in [4.69, 9.17) is 22.4 Å². The highest BCUT2D eigenvalue weighted by Gasteiger charge is 2.08. The van der Waals surface area contributed by atoms with Crippen molar-refractivity contribution in [1.29, 1.82) is 0 Å². The molecule has 1 aromatic heterocycles. The first-order chi connectivity index (χ1) is 9.56. The summed E-state index contributed by atoms with van der Waals surface area (Å²) >= 11 is 4.94. The molecule has 0 radical (unpaired) electrons. The van der Waals surface area contributed by atoms with Gasteiger partial charge in [-0.3, -0.25) is 4.79 Å². The summed E-state index contributed by atoms with van der Waals surface area (Å²) in [4.78, 5) is 12.2. The van der Waals surface area contributed by atoms with Crippen LogP contribution in [0.1, 0.15) is 23.3 Å². The Morgan fingerprint density at radius 2 is 2.20 bits per heavy atom.